The fourth-order valence-corrected chi connectivity index (χ4v) is 2.10. The van der Waals surface area contributed by atoms with Gasteiger partial charge >= 0.3 is 5.97 Å². The Kier molecular flexibility index (Phi) is 4.36. The van der Waals surface area contributed by atoms with E-state index >= 15 is 0 Å². The minimum atomic E-state index is -1.14. The lowest BCUT2D eigenvalue weighted by Gasteiger charge is -2.09. The number of nitrogens with one attached hydrogen (secondary N) is 1. The van der Waals surface area contributed by atoms with Gasteiger partial charge in [0, 0.05) is 16.7 Å². The summed E-state index contributed by atoms with van der Waals surface area (Å²) in [5.41, 5.74) is -0.164. The van der Waals surface area contributed by atoms with Crippen LogP contribution >= 0.6 is 22.6 Å². The number of hydrogen-bond acceptors (Lipinski definition) is 4. The number of halogens is 1. The van der Waals surface area contributed by atoms with E-state index in [0.717, 1.165) is 8.25 Å². The predicted octanol–water partition coefficient (Wildman–Crippen LogP) is 1.34. The number of benzene rings is 1. The van der Waals surface area contributed by atoms with Crippen LogP contribution in [-0.2, 0) is 7.05 Å². The van der Waals surface area contributed by atoms with E-state index < -0.39 is 11.9 Å². The largest absolute Gasteiger partial charge is 0.478 e. The molecular formula is C13H10IN3O4. The molecule has 1 amide bonds. The zero-order chi connectivity index (χ0) is 15.6. The molecule has 0 fully saturated rings. The van der Waals surface area contributed by atoms with E-state index in [1.165, 1.54) is 31.3 Å². The summed E-state index contributed by atoms with van der Waals surface area (Å²) in [7, 11) is 1.42. The molecule has 0 aliphatic rings. The van der Waals surface area contributed by atoms with Gasteiger partial charge in [-0.1, -0.05) is 0 Å². The van der Waals surface area contributed by atoms with Gasteiger partial charge in [0.2, 0.25) is 0 Å². The molecule has 1 heterocycles. The first-order valence-electron chi connectivity index (χ1n) is 5.77. The van der Waals surface area contributed by atoms with Gasteiger partial charge in [-0.25, -0.2) is 9.48 Å². The monoisotopic (exact) mass is 399 g/mol. The SMILES string of the molecule is Cn1nc(C(=O)Nc2ccc(I)cc2C(=O)O)ccc1=O. The third-order valence-corrected chi connectivity index (χ3v) is 3.32. The van der Waals surface area contributed by atoms with Crippen LogP contribution in [0.5, 0.6) is 0 Å². The molecule has 7 nitrogen and oxygen atoms in total. The average molecular weight is 399 g/mol. The second-order valence-corrected chi connectivity index (χ2v) is 5.38. The summed E-state index contributed by atoms with van der Waals surface area (Å²) in [4.78, 5) is 34.5. The fraction of sp³-hybridized carbons (Fsp3) is 0.0769. The van der Waals surface area contributed by atoms with E-state index in [9.17, 15) is 14.4 Å². The van der Waals surface area contributed by atoms with Crippen LogP contribution in [0.1, 0.15) is 20.8 Å². The highest BCUT2D eigenvalue weighted by molar-refractivity contribution is 14.1. The van der Waals surface area contributed by atoms with E-state index in [1.54, 1.807) is 6.07 Å². The van der Waals surface area contributed by atoms with Crippen LogP contribution in [0.25, 0.3) is 0 Å². The molecule has 0 atom stereocenters. The van der Waals surface area contributed by atoms with Crippen molar-refractivity contribution in [3.8, 4) is 0 Å². The first-order valence-corrected chi connectivity index (χ1v) is 6.85. The Bertz CT molecular complexity index is 785. The number of rotatable bonds is 3. The smallest absolute Gasteiger partial charge is 0.337 e. The van der Waals surface area contributed by atoms with Crippen LogP contribution < -0.4 is 10.9 Å². The molecular weight excluding hydrogens is 389 g/mol. The number of hydrogen-bond donors (Lipinski definition) is 2. The molecule has 8 heteroatoms. The van der Waals surface area contributed by atoms with Crippen LogP contribution in [0.3, 0.4) is 0 Å². The van der Waals surface area contributed by atoms with Crippen LogP contribution in [-0.4, -0.2) is 26.8 Å². The number of carbonyl (C=O) groups is 2. The third kappa shape index (κ3) is 3.45. The summed E-state index contributed by atoms with van der Waals surface area (Å²) < 4.78 is 1.77. The third-order valence-electron chi connectivity index (χ3n) is 2.65. The summed E-state index contributed by atoms with van der Waals surface area (Å²) >= 11 is 1.98. The van der Waals surface area contributed by atoms with E-state index in [-0.39, 0.29) is 22.5 Å². The first-order chi connectivity index (χ1) is 9.88. The lowest BCUT2D eigenvalue weighted by molar-refractivity contribution is 0.0698. The van der Waals surface area contributed by atoms with Gasteiger partial charge in [0.15, 0.2) is 0 Å². The molecule has 0 unspecified atom stereocenters. The second kappa shape index (κ2) is 6.04. The van der Waals surface area contributed by atoms with Gasteiger partial charge in [-0.3, -0.25) is 9.59 Å². The van der Waals surface area contributed by atoms with Crippen LogP contribution in [0.4, 0.5) is 5.69 Å². The Labute approximate surface area is 132 Å². The highest BCUT2D eigenvalue weighted by Gasteiger charge is 2.15. The summed E-state index contributed by atoms with van der Waals surface area (Å²) in [6, 6.07) is 7.13. The Morgan fingerprint density at radius 2 is 2.00 bits per heavy atom. The van der Waals surface area contributed by atoms with Gasteiger partial charge in [0.1, 0.15) is 5.69 Å². The predicted molar refractivity (Wildman–Crippen MR) is 83.5 cm³/mol. The number of amides is 1. The minimum absolute atomic E-state index is 0.0138. The van der Waals surface area contributed by atoms with Crippen LogP contribution in [0.2, 0.25) is 0 Å². The standard InChI is InChI=1S/C13H10IN3O4/c1-17-11(18)5-4-10(16-17)12(19)15-9-3-2-7(14)6-8(9)13(20)21/h2-6H,1H3,(H,15,19)(H,20,21). The molecule has 0 aliphatic heterocycles. The number of carboxylic acids is 1. The number of carbonyl (C=O) groups excluding carboxylic acids is 1. The Morgan fingerprint density at radius 3 is 2.62 bits per heavy atom. The van der Waals surface area contributed by atoms with Crippen molar-refractivity contribution in [2.45, 2.75) is 0 Å². The van der Waals surface area contributed by atoms with Gasteiger partial charge in [0.05, 0.1) is 11.3 Å². The van der Waals surface area contributed by atoms with Gasteiger partial charge in [0.25, 0.3) is 11.5 Å². The van der Waals surface area contributed by atoms with Gasteiger partial charge in [-0.2, -0.15) is 5.10 Å². The van der Waals surface area contributed by atoms with Crippen molar-refractivity contribution >= 4 is 40.2 Å². The topological polar surface area (TPSA) is 101 Å². The zero-order valence-corrected chi connectivity index (χ0v) is 13.0. The van der Waals surface area contributed by atoms with Crippen molar-refractivity contribution in [3.05, 3.63) is 55.5 Å². The van der Waals surface area contributed by atoms with E-state index in [1.807, 2.05) is 22.6 Å². The molecule has 0 bridgehead atoms. The van der Waals surface area contributed by atoms with E-state index in [0.29, 0.717) is 0 Å². The molecule has 2 aromatic rings. The number of aryl methyl sites for hydroxylation is 1. The zero-order valence-electron chi connectivity index (χ0n) is 10.8. The summed E-state index contributed by atoms with van der Waals surface area (Å²) in [5, 5.41) is 15.4. The lowest BCUT2D eigenvalue weighted by atomic mass is 10.1. The van der Waals surface area contributed by atoms with Crippen LogP contribution in [0.15, 0.2) is 35.1 Å². The Morgan fingerprint density at radius 1 is 1.29 bits per heavy atom. The van der Waals surface area contributed by atoms with E-state index in [2.05, 4.69) is 10.4 Å². The maximum Gasteiger partial charge on any atom is 0.337 e. The van der Waals surface area contributed by atoms with Gasteiger partial charge in [-0.15, -0.1) is 0 Å². The molecule has 1 aromatic heterocycles. The number of carboxylic acid groups (broad SMARTS) is 1. The van der Waals surface area contributed by atoms with Gasteiger partial charge in [-0.05, 0) is 46.9 Å². The average Bonchev–Trinajstić information content (AvgIpc) is 2.43. The highest BCUT2D eigenvalue weighted by atomic mass is 127. The molecule has 2 N–H and O–H groups in total. The molecule has 0 spiro atoms. The molecule has 0 saturated heterocycles. The molecule has 0 aliphatic carbocycles. The molecule has 0 saturated carbocycles. The molecule has 2 rings (SSSR count). The second-order valence-electron chi connectivity index (χ2n) is 4.13. The molecule has 1 aromatic carbocycles. The summed E-state index contributed by atoms with van der Waals surface area (Å²) in [5.74, 6) is -1.73. The Balaban J connectivity index is 2.33. The summed E-state index contributed by atoms with van der Waals surface area (Å²) in [6.07, 6.45) is 0. The maximum absolute atomic E-state index is 12.1. The van der Waals surface area contributed by atoms with Crippen molar-refractivity contribution in [2.24, 2.45) is 7.05 Å². The fourth-order valence-electron chi connectivity index (χ4n) is 1.61. The number of anilines is 1. The Hall–Kier alpha value is -2.23. The normalized spacial score (nSPS) is 10.2. The number of aromatic carboxylic acids is 1. The summed E-state index contributed by atoms with van der Waals surface area (Å²) in [6.45, 7) is 0. The number of nitrogens with zero attached hydrogens (tertiary/aromatic N) is 2. The number of aromatic nitrogens is 2. The van der Waals surface area contributed by atoms with Crippen molar-refractivity contribution in [1.29, 1.82) is 0 Å². The van der Waals surface area contributed by atoms with Crippen molar-refractivity contribution < 1.29 is 14.7 Å². The highest BCUT2D eigenvalue weighted by Crippen LogP contribution is 2.19. The quantitative estimate of drug-likeness (QED) is 0.759. The molecule has 108 valence electrons. The van der Waals surface area contributed by atoms with Crippen molar-refractivity contribution in [3.63, 3.8) is 0 Å². The van der Waals surface area contributed by atoms with Gasteiger partial charge < -0.3 is 10.4 Å². The maximum atomic E-state index is 12.1. The lowest BCUT2D eigenvalue weighted by Crippen LogP contribution is -2.24. The van der Waals surface area contributed by atoms with E-state index in [4.69, 9.17) is 5.11 Å². The molecule has 21 heavy (non-hydrogen) atoms. The first kappa shape index (κ1) is 15.2. The van der Waals surface area contributed by atoms with Crippen molar-refractivity contribution in [2.75, 3.05) is 5.32 Å². The van der Waals surface area contributed by atoms with Crippen molar-refractivity contribution in [1.82, 2.24) is 9.78 Å². The minimum Gasteiger partial charge on any atom is -0.478 e. The molecule has 0 radical (unpaired) electrons. The van der Waals surface area contributed by atoms with Crippen LogP contribution in [0, 0.1) is 3.57 Å².